The molecule has 1 aromatic rings. The van der Waals surface area contributed by atoms with Gasteiger partial charge in [-0.1, -0.05) is 0 Å². The lowest BCUT2D eigenvalue weighted by atomic mass is 10.2. The Morgan fingerprint density at radius 1 is 0.537 bits per heavy atom. The number of nitrogens with one attached hydrogen (secondary N) is 1. The maximum atomic E-state index is 14.3. The van der Waals surface area contributed by atoms with Crippen LogP contribution >= 0.6 is 0 Å². The first kappa shape index (κ1) is 36.2. The van der Waals surface area contributed by atoms with Gasteiger partial charge in [0.1, 0.15) is 0 Å². The number of hydrogen-bond acceptors (Lipinski definition) is 6. The summed E-state index contributed by atoms with van der Waals surface area (Å²) in [6.45, 7) is 0. The summed E-state index contributed by atoms with van der Waals surface area (Å²) < 4.78 is 254. The SMILES string of the molecule is O=C(Nc1ccncc1)[C@@](F)(OC(F)(F)C(F)(F)OC(F)(F)C(F)(F)OC(F)(F)C(F)(F)OC(F)(F)F)C(F)(F)F. The quantitative estimate of drug-likeness (QED) is 0.264. The summed E-state index contributed by atoms with van der Waals surface area (Å²) in [4.78, 5) is 14.8. The van der Waals surface area contributed by atoms with Crippen LogP contribution in [0.2, 0.25) is 0 Å². The largest absolute Gasteiger partial charge is 0.527 e. The monoisotopic (exact) mass is 654 g/mol. The number of ether oxygens (including phenoxy) is 4. The summed E-state index contributed by atoms with van der Waals surface area (Å²) in [5.74, 6) is -10.1. The second kappa shape index (κ2) is 10.8. The van der Waals surface area contributed by atoms with E-state index >= 15 is 0 Å². The predicted octanol–water partition coefficient (Wildman–Crippen LogP) is 6.39. The molecule has 1 amide bonds. The number of amides is 1. The van der Waals surface area contributed by atoms with Crippen LogP contribution in [0.25, 0.3) is 0 Å². The van der Waals surface area contributed by atoms with Gasteiger partial charge in [0.2, 0.25) is 0 Å². The van der Waals surface area contributed by atoms with E-state index in [1.165, 1.54) is 14.2 Å². The summed E-state index contributed by atoms with van der Waals surface area (Å²) >= 11 is 0. The summed E-state index contributed by atoms with van der Waals surface area (Å²) in [5, 5.41) is 0.839. The highest BCUT2D eigenvalue weighted by molar-refractivity contribution is 5.96. The van der Waals surface area contributed by atoms with Crippen LogP contribution in [0.4, 0.5) is 89.1 Å². The zero-order valence-corrected chi connectivity index (χ0v) is 18.0. The number of carbonyl (C=O) groups excluding carboxylic acids is 1. The van der Waals surface area contributed by atoms with E-state index in [1.807, 2.05) is 4.74 Å². The van der Waals surface area contributed by atoms with E-state index in [2.05, 4.69) is 4.98 Å². The van der Waals surface area contributed by atoms with E-state index in [1.54, 1.807) is 0 Å². The number of rotatable bonds is 12. The van der Waals surface area contributed by atoms with Crippen LogP contribution in [0, 0.1) is 0 Å². The maximum Gasteiger partial charge on any atom is 0.527 e. The van der Waals surface area contributed by atoms with Gasteiger partial charge >= 0.3 is 55.0 Å². The van der Waals surface area contributed by atoms with Crippen molar-refractivity contribution in [2.24, 2.45) is 0 Å². The van der Waals surface area contributed by atoms with E-state index in [-0.39, 0.29) is 0 Å². The maximum absolute atomic E-state index is 14.3. The molecule has 0 radical (unpaired) electrons. The summed E-state index contributed by atoms with van der Waals surface area (Å²) in [5.41, 5.74) is -0.929. The Bertz CT molecular complexity index is 1060. The lowest BCUT2D eigenvalue weighted by Gasteiger charge is -2.36. The first-order valence-corrected chi connectivity index (χ1v) is 8.94. The Hall–Kier alpha value is -2.87. The van der Waals surface area contributed by atoms with Crippen LogP contribution in [-0.4, -0.2) is 65.9 Å². The van der Waals surface area contributed by atoms with Gasteiger partial charge < -0.3 is 5.32 Å². The minimum Gasteiger partial charge on any atom is -0.321 e. The van der Waals surface area contributed by atoms with Crippen LogP contribution < -0.4 is 5.32 Å². The molecular formula is C15H5F19N2O5. The third kappa shape index (κ3) is 8.12. The number of halogens is 19. The molecule has 0 saturated heterocycles. The lowest BCUT2D eigenvalue weighted by Crippen LogP contribution is -2.62. The van der Waals surface area contributed by atoms with E-state index in [0.717, 1.165) is 5.32 Å². The van der Waals surface area contributed by atoms with Crippen LogP contribution in [0.3, 0.4) is 0 Å². The third-order valence-corrected chi connectivity index (χ3v) is 3.64. The van der Waals surface area contributed by atoms with E-state index in [4.69, 9.17) is 0 Å². The molecule has 0 spiro atoms. The van der Waals surface area contributed by atoms with Crippen molar-refractivity contribution in [3.63, 3.8) is 0 Å². The Morgan fingerprint density at radius 2 is 0.854 bits per heavy atom. The summed E-state index contributed by atoms with van der Waals surface area (Å²) in [7, 11) is 0. The molecule has 0 aliphatic rings. The smallest absolute Gasteiger partial charge is 0.321 e. The number of alkyl halides is 19. The molecule has 0 aliphatic heterocycles. The van der Waals surface area contributed by atoms with Crippen molar-refractivity contribution in [3.05, 3.63) is 24.5 Å². The average Bonchev–Trinajstić information content (AvgIpc) is 2.69. The molecule has 1 aromatic heterocycles. The predicted molar refractivity (Wildman–Crippen MR) is 82.8 cm³/mol. The second-order valence-electron chi connectivity index (χ2n) is 6.74. The number of hydrogen-bond donors (Lipinski definition) is 1. The van der Waals surface area contributed by atoms with Crippen molar-refractivity contribution in [1.82, 2.24) is 4.98 Å². The van der Waals surface area contributed by atoms with Gasteiger partial charge in [0.15, 0.2) is 0 Å². The molecule has 0 saturated carbocycles. The Labute approximate surface area is 210 Å². The van der Waals surface area contributed by atoms with Gasteiger partial charge in [-0.2, -0.15) is 70.2 Å². The first-order valence-electron chi connectivity index (χ1n) is 8.94. The number of pyridine rings is 1. The normalized spacial score (nSPS) is 16.4. The standard InChI is InChI=1S/C15H5F19N2O5/c16-7(8(17,18)19,6(37)36-5-1-3-35-4-2-5)38-9(20,21)10(22,23)39-11(24,25)12(26,27)40-13(28,29)14(30,31)41-15(32,33)34/h1-4H,(H,35,36,37)/t7-/m1/s1. The van der Waals surface area contributed by atoms with Gasteiger partial charge in [-0.05, 0) is 12.1 Å². The molecule has 41 heavy (non-hydrogen) atoms. The highest BCUT2D eigenvalue weighted by Gasteiger charge is 2.79. The fourth-order valence-electron chi connectivity index (χ4n) is 1.88. The van der Waals surface area contributed by atoms with Gasteiger partial charge in [-0.25, -0.2) is 14.2 Å². The number of anilines is 1. The minimum atomic E-state index is -7.82. The molecular weight excluding hydrogens is 649 g/mol. The molecule has 1 N–H and O–H groups in total. The zero-order chi connectivity index (χ0) is 32.7. The van der Waals surface area contributed by atoms with Gasteiger partial charge in [0, 0.05) is 18.1 Å². The molecule has 0 aromatic carbocycles. The topological polar surface area (TPSA) is 78.9 Å². The van der Waals surface area contributed by atoms with Crippen molar-refractivity contribution in [1.29, 1.82) is 0 Å². The van der Waals surface area contributed by atoms with Gasteiger partial charge in [-0.3, -0.25) is 14.5 Å². The van der Waals surface area contributed by atoms with Crippen LogP contribution in [0.5, 0.6) is 0 Å². The molecule has 1 heterocycles. The van der Waals surface area contributed by atoms with E-state index in [0.29, 0.717) is 24.5 Å². The minimum absolute atomic E-state index is 0.534. The summed E-state index contributed by atoms with van der Waals surface area (Å²) in [6, 6.07) is 1.07. The molecule has 0 unspecified atom stereocenters. The van der Waals surface area contributed by atoms with Crippen LogP contribution in [0.15, 0.2) is 24.5 Å². The third-order valence-electron chi connectivity index (χ3n) is 3.64. The van der Waals surface area contributed by atoms with Gasteiger partial charge in [-0.15, -0.1) is 13.2 Å². The first-order chi connectivity index (χ1) is 17.8. The second-order valence-corrected chi connectivity index (χ2v) is 6.74. The molecule has 1 rings (SSSR count). The van der Waals surface area contributed by atoms with Crippen molar-refractivity contribution < 1.29 is 107 Å². The number of aromatic nitrogens is 1. The zero-order valence-electron chi connectivity index (χ0n) is 18.0. The van der Waals surface area contributed by atoms with Crippen molar-refractivity contribution in [2.45, 2.75) is 55.0 Å². The van der Waals surface area contributed by atoms with Crippen molar-refractivity contribution >= 4 is 11.6 Å². The van der Waals surface area contributed by atoms with Crippen molar-refractivity contribution in [3.8, 4) is 0 Å². The highest BCUT2D eigenvalue weighted by Crippen LogP contribution is 2.52. The summed E-state index contributed by atoms with van der Waals surface area (Å²) in [6.07, 6.45) is -58.5. The fourth-order valence-corrected chi connectivity index (χ4v) is 1.88. The van der Waals surface area contributed by atoms with Gasteiger partial charge in [0.25, 0.3) is 5.91 Å². The Kier molecular flexibility index (Phi) is 9.48. The lowest BCUT2D eigenvalue weighted by molar-refractivity contribution is -0.579. The van der Waals surface area contributed by atoms with Gasteiger partial charge in [0.05, 0.1) is 0 Å². The Morgan fingerprint density at radius 3 is 1.17 bits per heavy atom. The molecule has 0 aliphatic carbocycles. The fraction of sp³-hybridized carbons (Fsp3) is 0.600. The molecule has 0 bridgehead atoms. The number of nitrogens with zero attached hydrogens (tertiary/aromatic N) is 1. The molecule has 26 heteroatoms. The van der Waals surface area contributed by atoms with Crippen molar-refractivity contribution in [2.75, 3.05) is 5.32 Å². The van der Waals surface area contributed by atoms with E-state index < -0.39 is 66.6 Å². The molecule has 1 atom stereocenters. The molecule has 0 fully saturated rings. The number of carbonyl (C=O) groups is 1. The van der Waals surface area contributed by atoms with Crippen LogP contribution in [-0.2, 0) is 23.7 Å². The molecule has 7 nitrogen and oxygen atoms in total. The Balaban J connectivity index is 3.32. The average molecular weight is 654 g/mol. The highest BCUT2D eigenvalue weighted by atomic mass is 19.4. The van der Waals surface area contributed by atoms with Crippen LogP contribution in [0.1, 0.15) is 0 Å². The van der Waals surface area contributed by atoms with E-state index in [9.17, 15) is 88.2 Å². The molecule has 238 valence electrons.